The first-order valence-electron chi connectivity index (χ1n) is 6.78. The van der Waals surface area contributed by atoms with Crippen molar-refractivity contribution >= 4 is 17.2 Å². The molecule has 0 saturated carbocycles. The molecule has 106 valence electrons. The maximum Gasteiger partial charge on any atom is 0.276 e. The summed E-state index contributed by atoms with van der Waals surface area (Å²) in [5.74, 6) is 0.541. The zero-order valence-electron chi connectivity index (χ0n) is 11.6. The molecule has 3 rings (SSSR count). The Balaban J connectivity index is 1.85. The summed E-state index contributed by atoms with van der Waals surface area (Å²) in [6.07, 6.45) is 3.97. The van der Waals surface area contributed by atoms with Gasteiger partial charge in [-0.25, -0.2) is 4.98 Å². The van der Waals surface area contributed by atoms with Crippen LogP contribution in [0, 0.1) is 12.8 Å². The lowest BCUT2D eigenvalue weighted by atomic mass is 10.00. The Hall–Kier alpha value is -1.76. The lowest BCUT2D eigenvalue weighted by Crippen LogP contribution is -2.39. The van der Waals surface area contributed by atoms with Crippen LogP contribution in [0.3, 0.4) is 0 Å². The van der Waals surface area contributed by atoms with Gasteiger partial charge in [0.1, 0.15) is 0 Å². The van der Waals surface area contributed by atoms with Gasteiger partial charge in [-0.15, -0.1) is 16.4 Å². The Morgan fingerprint density at radius 3 is 3.05 bits per heavy atom. The van der Waals surface area contributed by atoms with Crippen LogP contribution in [0.1, 0.15) is 35.9 Å². The third-order valence-electron chi connectivity index (χ3n) is 3.64. The van der Waals surface area contributed by atoms with Gasteiger partial charge in [0.05, 0.1) is 5.69 Å². The first-order valence-corrected chi connectivity index (χ1v) is 7.66. The zero-order chi connectivity index (χ0) is 14.1. The fourth-order valence-electron chi connectivity index (χ4n) is 2.55. The van der Waals surface area contributed by atoms with Gasteiger partial charge in [-0.3, -0.25) is 4.79 Å². The van der Waals surface area contributed by atoms with Crippen LogP contribution >= 0.6 is 11.3 Å². The van der Waals surface area contributed by atoms with E-state index in [1.807, 2.05) is 17.2 Å². The van der Waals surface area contributed by atoms with Crippen LogP contribution in [0.15, 0.2) is 11.6 Å². The summed E-state index contributed by atoms with van der Waals surface area (Å²) in [7, 11) is 0. The van der Waals surface area contributed by atoms with Crippen LogP contribution in [0.2, 0.25) is 0 Å². The van der Waals surface area contributed by atoms with Crippen molar-refractivity contribution in [3.63, 3.8) is 0 Å². The molecule has 6 nitrogen and oxygen atoms in total. The quantitative estimate of drug-likeness (QED) is 0.848. The average molecular weight is 291 g/mol. The van der Waals surface area contributed by atoms with E-state index in [9.17, 15) is 4.79 Å². The van der Waals surface area contributed by atoms with E-state index in [1.54, 1.807) is 10.9 Å². The second kappa shape index (κ2) is 5.32. The normalized spacial score (nSPS) is 19.3. The lowest BCUT2D eigenvalue weighted by molar-refractivity contribution is 0.0676. The van der Waals surface area contributed by atoms with E-state index in [4.69, 9.17) is 0 Å². The molecule has 1 fully saturated rings. The van der Waals surface area contributed by atoms with Gasteiger partial charge in [-0.05, 0) is 25.7 Å². The molecule has 0 unspecified atom stereocenters. The SMILES string of the molecule is Cc1c(C(=O)N2CCC[C@H](C)C2)nnn1-c1nccs1. The molecule has 20 heavy (non-hydrogen) atoms. The van der Waals surface area contributed by atoms with Crippen LogP contribution in [-0.4, -0.2) is 43.9 Å². The number of carbonyl (C=O) groups is 1. The van der Waals surface area contributed by atoms with Crippen molar-refractivity contribution in [2.24, 2.45) is 5.92 Å². The minimum Gasteiger partial charge on any atom is -0.337 e. The number of hydrogen-bond acceptors (Lipinski definition) is 5. The van der Waals surface area contributed by atoms with Gasteiger partial charge in [0.25, 0.3) is 5.91 Å². The maximum absolute atomic E-state index is 12.5. The topological polar surface area (TPSA) is 63.9 Å². The molecule has 0 radical (unpaired) electrons. The number of carbonyl (C=O) groups excluding carboxylic acids is 1. The Labute approximate surface area is 121 Å². The minimum atomic E-state index is -0.0168. The number of piperidine rings is 1. The number of hydrogen-bond donors (Lipinski definition) is 0. The van der Waals surface area contributed by atoms with E-state index in [-0.39, 0.29) is 5.91 Å². The summed E-state index contributed by atoms with van der Waals surface area (Å²) in [5.41, 5.74) is 1.19. The van der Waals surface area contributed by atoms with E-state index in [0.29, 0.717) is 11.6 Å². The summed E-state index contributed by atoms with van der Waals surface area (Å²) in [5, 5.41) is 10.7. The molecule has 1 atom stereocenters. The lowest BCUT2D eigenvalue weighted by Gasteiger charge is -2.30. The van der Waals surface area contributed by atoms with Gasteiger partial charge in [0.2, 0.25) is 5.13 Å². The molecule has 1 saturated heterocycles. The number of thiazole rings is 1. The third-order valence-corrected chi connectivity index (χ3v) is 4.39. The van der Waals surface area contributed by atoms with Gasteiger partial charge in [0.15, 0.2) is 5.69 Å². The number of amides is 1. The molecule has 0 aromatic carbocycles. The average Bonchev–Trinajstić information content (AvgIpc) is 3.07. The highest BCUT2D eigenvalue weighted by Crippen LogP contribution is 2.20. The van der Waals surface area contributed by atoms with Crippen molar-refractivity contribution in [1.82, 2.24) is 24.9 Å². The number of aromatic nitrogens is 4. The summed E-state index contributed by atoms with van der Waals surface area (Å²) in [4.78, 5) is 18.6. The van der Waals surface area contributed by atoms with Crippen LogP contribution in [0.4, 0.5) is 0 Å². The smallest absolute Gasteiger partial charge is 0.276 e. The monoisotopic (exact) mass is 291 g/mol. The van der Waals surface area contributed by atoms with Gasteiger partial charge < -0.3 is 4.90 Å². The van der Waals surface area contributed by atoms with E-state index in [2.05, 4.69) is 22.2 Å². The molecule has 1 aliphatic rings. The van der Waals surface area contributed by atoms with E-state index in [0.717, 1.165) is 30.3 Å². The minimum absolute atomic E-state index is 0.0168. The molecule has 0 aliphatic carbocycles. The van der Waals surface area contributed by atoms with E-state index >= 15 is 0 Å². The van der Waals surface area contributed by atoms with Gasteiger partial charge in [0, 0.05) is 24.7 Å². The van der Waals surface area contributed by atoms with Crippen molar-refractivity contribution in [3.8, 4) is 5.13 Å². The molecule has 1 aliphatic heterocycles. The highest BCUT2D eigenvalue weighted by atomic mass is 32.1. The Kier molecular flexibility index (Phi) is 3.52. The third kappa shape index (κ3) is 2.33. The van der Waals surface area contributed by atoms with Crippen molar-refractivity contribution in [2.75, 3.05) is 13.1 Å². The zero-order valence-corrected chi connectivity index (χ0v) is 12.4. The standard InChI is InChI=1S/C13H17N5OS/c1-9-4-3-6-17(8-9)12(19)11-10(2)18(16-15-11)13-14-5-7-20-13/h5,7,9H,3-4,6,8H2,1-2H3/t9-/m0/s1. The van der Waals surface area contributed by atoms with E-state index < -0.39 is 0 Å². The number of likely N-dealkylation sites (tertiary alicyclic amines) is 1. The molecule has 0 spiro atoms. The number of rotatable bonds is 2. The molecule has 3 heterocycles. The predicted octanol–water partition coefficient (Wildman–Crippen LogP) is 1.90. The van der Waals surface area contributed by atoms with Crippen LogP contribution < -0.4 is 0 Å². The summed E-state index contributed by atoms with van der Waals surface area (Å²) >= 11 is 1.48. The van der Waals surface area contributed by atoms with Crippen molar-refractivity contribution in [2.45, 2.75) is 26.7 Å². The van der Waals surface area contributed by atoms with Crippen molar-refractivity contribution < 1.29 is 4.79 Å². The van der Waals surface area contributed by atoms with Crippen LogP contribution in [0.25, 0.3) is 5.13 Å². The highest BCUT2D eigenvalue weighted by Gasteiger charge is 2.26. The molecule has 7 heteroatoms. The Morgan fingerprint density at radius 1 is 1.50 bits per heavy atom. The second-order valence-corrected chi connectivity index (χ2v) is 6.12. The summed E-state index contributed by atoms with van der Waals surface area (Å²) in [6.45, 7) is 5.66. The summed E-state index contributed by atoms with van der Waals surface area (Å²) < 4.78 is 1.63. The molecule has 0 bridgehead atoms. The fraction of sp³-hybridized carbons (Fsp3) is 0.538. The maximum atomic E-state index is 12.5. The summed E-state index contributed by atoms with van der Waals surface area (Å²) in [6, 6.07) is 0. The Morgan fingerprint density at radius 2 is 2.35 bits per heavy atom. The first-order chi connectivity index (χ1) is 9.66. The van der Waals surface area contributed by atoms with Crippen molar-refractivity contribution in [3.05, 3.63) is 23.0 Å². The largest absolute Gasteiger partial charge is 0.337 e. The molecule has 1 amide bonds. The van der Waals surface area contributed by atoms with Gasteiger partial charge in [-0.2, -0.15) is 4.68 Å². The van der Waals surface area contributed by atoms with Crippen LogP contribution in [0.5, 0.6) is 0 Å². The first kappa shape index (κ1) is 13.2. The van der Waals surface area contributed by atoms with Gasteiger partial charge >= 0.3 is 0 Å². The molecule has 2 aromatic rings. The van der Waals surface area contributed by atoms with Crippen LogP contribution in [-0.2, 0) is 0 Å². The highest BCUT2D eigenvalue weighted by molar-refractivity contribution is 7.12. The van der Waals surface area contributed by atoms with Crippen molar-refractivity contribution in [1.29, 1.82) is 0 Å². The second-order valence-electron chi connectivity index (χ2n) is 5.25. The number of nitrogens with zero attached hydrogens (tertiary/aromatic N) is 5. The molecule has 2 aromatic heterocycles. The Bertz CT molecular complexity index is 606. The van der Waals surface area contributed by atoms with E-state index in [1.165, 1.54) is 17.8 Å². The fourth-order valence-corrected chi connectivity index (χ4v) is 3.19. The predicted molar refractivity (Wildman–Crippen MR) is 76.1 cm³/mol. The van der Waals surface area contributed by atoms with Gasteiger partial charge in [-0.1, -0.05) is 12.1 Å². The molecule has 0 N–H and O–H groups in total. The molecular weight excluding hydrogens is 274 g/mol. The molecular formula is C13H17N5OS.